The lowest BCUT2D eigenvalue weighted by molar-refractivity contribution is 0.102. The van der Waals surface area contributed by atoms with E-state index in [1.54, 1.807) is 24.3 Å². The zero-order chi connectivity index (χ0) is 17.8. The van der Waals surface area contributed by atoms with Crippen LogP contribution in [0.3, 0.4) is 0 Å². The minimum absolute atomic E-state index is 0.0194. The van der Waals surface area contributed by atoms with Crippen LogP contribution in [-0.2, 0) is 0 Å². The molecule has 0 atom stereocenters. The average molecular weight is 377 g/mol. The number of benzene rings is 1. The number of hydrogen-bond acceptors (Lipinski definition) is 6. The van der Waals surface area contributed by atoms with Crippen LogP contribution in [-0.4, -0.2) is 26.0 Å². The van der Waals surface area contributed by atoms with Crippen LogP contribution >= 0.6 is 23.2 Å². The molecule has 3 rings (SSSR count). The number of nitrogens with one attached hydrogen (secondary N) is 1. The van der Waals surface area contributed by atoms with E-state index in [4.69, 9.17) is 27.9 Å². The first kappa shape index (κ1) is 16.9. The highest BCUT2D eigenvalue weighted by Crippen LogP contribution is 2.32. The Morgan fingerprint density at radius 2 is 1.84 bits per heavy atom. The number of phenols is 1. The molecule has 25 heavy (non-hydrogen) atoms. The summed E-state index contributed by atoms with van der Waals surface area (Å²) >= 11 is 12.0. The number of halogens is 2. The topological polar surface area (TPSA) is 97.2 Å². The van der Waals surface area contributed by atoms with Crippen molar-refractivity contribution in [3.8, 4) is 17.4 Å². The van der Waals surface area contributed by atoms with Crippen molar-refractivity contribution >= 4 is 34.9 Å². The summed E-state index contributed by atoms with van der Waals surface area (Å²) < 4.78 is 5.53. The van der Waals surface area contributed by atoms with Crippen LogP contribution in [0.4, 0.5) is 5.82 Å². The number of anilines is 1. The second-order valence-corrected chi connectivity index (χ2v) is 5.50. The molecule has 7 nitrogen and oxygen atoms in total. The maximum absolute atomic E-state index is 12.2. The normalized spacial score (nSPS) is 10.3. The molecule has 9 heteroatoms. The third kappa shape index (κ3) is 4.14. The van der Waals surface area contributed by atoms with Crippen LogP contribution in [0, 0.1) is 0 Å². The molecule has 1 amide bonds. The van der Waals surface area contributed by atoms with Gasteiger partial charge < -0.3 is 15.2 Å². The van der Waals surface area contributed by atoms with E-state index in [-0.39, 0.29) is 33.3 Å². The van der Waals surface area contributed by atoms with Crippen molar-refractivity contribution in [2.75, 3.05) is 5.32 Å². The van der Waals surface area contributed by atoms with Crippen molar-refractivity contribution in [1.29, 1.82) is 0 Å². The van der Waals surface area contributed by atoms with Crippen LogP contribution in [0.1, 0.15) is 10.5 Å². The van der Waals surface area contributed by atoms with Gasteiger partial charge in [0.1, 0.15) is 33.7 Å². The molecule has 0 saturated heterocycles. The highest BCUT2D eigenvalue weighted by Gasteiger charge is 2.16. The smallest absolute Gasteiger partial charge is 0.275 e. The van der Waals surface area contributed by atoms with E-state index in [1.807, 2.05) is 0 Å². The van der Waals surface area contributed by atoms with Gasteiger partial charge in [-0.05, 0) is 36.4 Å². The number of rotatable bonds is 4. The Hall–Kier alpha value is -2.90. The predicted molar refractivity (Wildman–Crippen MR) is 92.4 cm³/mol. The van der Waals surface area contributed by atoms with E-state index in [0.717, 1.165) is 0 Å². The van der Waals surface area contributed by atoms with Crippen molar-refractivity contribution in [2.45, 2.75) is 0 Å². The van der Waals surface area contributed by atoms with Crippen molar-refractivity contribution < 1.29 is 14.6 Å². The maximum atomic E-state index is 12.2. The Morgan fingerprint density at radius 3 is 2.56 bits per heavy atom. The molecule has 1 aromatic carbocycles. The van der Waals surface area contributed by atoms with Gasteiger partial charge in [-0.3, -0.25) is 4.79 Å². The largest absolute Gasteiger partial charge is 0.508 e. The molecule has 0 spiro atoms. The van der Waals surface area contributed by atoms with E-state index < -0.39 is 5.91 Å². The van der Waals surface area contributed by atoms with Crippen molar-refractivity contribution in [2.24, 2.45) is 0 Å². The Balaban J connectivity index is 1.81. The molecular formula is C16H10Cl2N4O3. The summed E-state index contributed by atoms with van der Waals surface area (Å²) in [5.74, 6) is 0.0999. The third-order valence-corrected chi connectivity index (χ3v) is 3.54. The molecule has 126 valence electrons. The SMILES string of the molecule is O=C(Nc1ncnc(Oc2ccc(O)cc2)c1Cl)c1cccc(Cl)n1. The molecule has 0 fully saturated rings. The summed E-state index contributed by atoms with van der Waals surface area (Å²) in [6.07, 6.45) is 1.20. The number of pyridine rings is 1. The van der Waals surface area contributed by atoms with Gasteiger partial charge in [0.2, 0.25) is 5.88 Å². The lowest BCUT2D eigenvalue weighted by atomic mass is 10.3. The minimum atomic E-state index is -0.529. The van der Waals surface area contributed by atoms with Gasteiger partial charge in [-0.25, -0.2) is 9.97 Å². The van der Waals surface area contributed by atoms with Crippen LogP contribution in [0.15, 0.2) is 48.8 Å². The highest BCUT2D eigenvalue weighted by atomic mass is 35.5. The fraction of sp³-hybridized carbons (Fsp3) is 0. The zero-order valence-corrected chi connectivity index (χ0v) is 14.0. The van der Waals surface area contributed by atoms with Crippen molar-refractivity contribution in [3.63, 3.8) is 0 Å². The first-order chi connectivity index (χ1) is 12.0. The highest BCUT2D eigenvalue weighted by molar-refractivity contribution is 6.34. The fourth-order valence-electron chi connectivity index (χ4n) is 1.84. The van der Waals surface area contributed by atoms with Gasteiger partial charge in [0.05, 0.1) is 0 Å². The number of hydrogen-bond donors (Lipinski definition) is 2. The second-order valence-electron chi connectivity index (χ2n) is 4.74. The Morgan fingerprint density at radius 1 is 1.08 bits per heavy atom. The number of aromatic hydroxyl groups is 1. The molecule has 0 bridgehead atoms. The van der Waals surface area contributed by atoms with Crippen molar-refractivity contribution in [3.05, 3.63) is 64.7 Å². The van der Waals surface area contributed by atoms with Gasteiger partial charge in [0.25, 0.3) is 5.91 Å². The van der Waals surface area contributed by atoms with Crippen LogP contribution in [0.2, 0.25) is 10.2 Å². The Bertz CT molecular complexity index is 920. The van der Waals surface area contributed by atoms with Crippen LogP contribution < -0.4 is 10.1 Å². The molecule has 0 aliphatic heterocycles. The average Bonchev–Trinajstić information content (AvgIpc) is 2.60. The molecule has 2 aromatic heterocycles. The lowest BCUT2D eigenvalue weighted by Gasteiger charge is -2.10. The number of aromatic nitrogens is 3. The Kier molecular flexibility index (Phi) is 4.97. The molecule has 3 aromatic rings. The molecule has 0 unspecified atom stereocenters. The van der Waals surface area contributed by atoms with Crippen LogP contribution in [0.25, 0.3) is 0 Å². The number of phenolic OH excluding ortho intramolecular Hbond substituents is 1. The van der Waals surface area contributed by atoms with Crippen LogP contribution in [0.5, 0.6) is 17.4 Å². The van der Waals surface area contributed by atoms with E-state index in [0.29, 0.717) is 5.75 Å². The maximum Gasteiger partial charge on any atom is 0.275 e. The molecule has 0 saturated carbocycles. The molecule has 0 radical (unpaired) electrons. The molecule has 0 aliphatic rings. The summed E-state index contributed by atoms with van der Waals surface area (Å²) in [5, 5.41) is 12.0. The second kappa shape index (κ2) is 7.33. The van der Waals surface area contributed by atoms with E-state index in [9.17, 15) is 9.90 Å². The van der Waals surface area contributed by atoms with Gasteiger partial charge in [-0.15, -0.1) is 0 Å². The molecule has 2 heterocycles. The zero-order valence-electron chi connectivity index (χ0n) is 12.5. The number of carbonyl (C=O) groups excluding carboxylic acids is 1. The third-order valence-electron chi connectivity index (χ3n) is 2.99. The number of carbonyl (C=O) groups is 1. The summed E-state index contributed by atoms with van der Waals surface area (Å²) in [5.41, 5.74) is 0.114. The Labute approximate surface area is 152 Å². The summed E-state index contributed by atoms with van der Waals surface area (Å²) in [6.45, 7) is 0. The van der Waals surface area contributed by atoms with E-state index >= 15 is 0 Å². The van der Waals surface area contributed by atoms with Gasteiger partial charge in [-0.1, -0.05) is 29.3 Å². The molecule has 2 N–H and O–H groups in total. The standard InChI is InChI=1S/C16H10Cl2N4O3/c17-12-3-1-2-11(21-12)15(24)22-14-13(18)16(20-8-19-14)25-10-6-4-9(23)5-7-10/h1-8,23H,(H,19,20,22,24). The number of ether oxygens (including phenoxy) is 1. The first-order valence-corrected chi connectivity index (χ1v) is 7.70. The summed E-state index contributed by atoms with van der Waals surface area (Å²) in [4.78, 5) is 24.0. The van der Waals surface area contributed by atoms with Gasteiger partial charge in [0.15, 0.2) is 5.82 Å². The van der Waals surface area contributed by atoms with Crippen molar-refractivity contribution in [1.82, 2.24) is 15.0 Å². The molecule has 0 aliphatic carbocycles. The quantitative estimate of drug-likeness (QED) is 0.669. The van der Waals surface area contributed by atoms with Gasteiger partial charge in [-0.2, -0.15) is 4.98 Å². The minimum Gasteiger partial charge on any atom is -0.508 e. The molecular weight excluding hydrogens is 367 g/mol. The van der Waals surface area contributed by atoms with Gasteiger partial charge in [0, 0.05) is 0 Å². The van der Waals surface area contributed by atoms with E-state index in [1.165, 1.54) is 24.5 Å². The summed E-state index contributed by atoms with van der Waals surface area (Å²) in [6, 6.07) is 10.7. The number of amides is 1. The predicted octanol–water partition coefficient (Wildman–Crippen LogP) is 3.93. The monoisotopic (exact) mass is 376 g/mol. The lowest BCUT2D eigenvalue weighted by Crippen LogP contribution is -2.15. The number of nitrogens with zero attached hydrogens (tertiary/aromatic N) is 3. The summed E-state index contributed by atoms with van der Waals surface area (Å²) in [7, 11) is 0. The van der Waals surface area contributed by atoms with E-state index in [2.05, 4.69) is 20.3 Å². The fourth-order valence-corrected chi connectivity index (χ4v) is 2.19. The van der Waals surface area contributed by atoms with Gasteiger partial charge >= 0.3 is 0 Å². The first-order valence-electron chi connectivity index (χ1n) is 6.94.